The Balaban J connectivity index is 1.42. The van der Waals surface area contributed by atoms with E-state index in [1.807, 2.05) is 28.1 Å². The quantitative estimate of drug-likeness (QED) is 0.906. The summed E-state index contributed by atoms with van der Waals surface area (Å²) in [5, 5.41) is 1.20. The Hall–Kier alpha value is -2.50. The summed E-state index contributed by atoms with van der Waals surface area (Å²) < 4.78 is 0. The Morgan fingerprint density at radius 1 is 1.15 bits per heavy atom. The molecule has 3 aliphatic rings. The molecule has 2 aromatic rings. The highest BCUT2D eigenvalue weighted by molar-refractivity contribution is 5.84. The van der Waals surface area contributed by atoms with Crippen LogP contribution in [-0.2, 0) is 11.2 Å². The number of hydrogen-bond donors (Lipinski definition) is 1. The number of rotatable bonds is 3. The molecule has 3 aliphatic heterocycles. The van der Waals surface area contributed by atoms with E-state index in [1.165, 1.54) is 10.9 Å². The molecule has 0 radical (unpaired) electrons. The van der Waals surface area contributed by atoms with Crippen molar-refractivity contribution in [2.45, 2.75) is 31.7 Å². The number of aromatic nitrogens is 1. The van der Waals surface area contributed by atoms with E-state index in [4.69, 9.17) is 0 Å². The fourth-order valence-corrected chi connectivity index (χ4v) is 4.55. The lowest BCUT2D eigenvalue weighted by Crippen LogP contribution is -2.48. The highest BCUT2D eigenvalue weighted by atomic mass is 16.2. The number of para-hydroxylation sites is 1. The van der Waals surface area contributed by atoms with Gasteiger partial charge in [0.15, 0.2) is 0 Å². The van der Waals surface area contributed by atoms with Crippen LogP contribution in [0.4, 0.5) is 4.79 Å². The first kappa shape index (κ1) is 17.9. The van der Waals surface area contributed by atoms with Crippen LogP contribution in [0.1, 0.15) is 24.8 Å². The number of fused-ring (bicyclic) bond motifs is 5. The van der Waals surface area contributed by atoms with E-state index in [1.54, 1.807) is 19.0 Å². The van der Waals surface area contributed by atoms with Gasteiger partial charge in [0.25, 0.3) is 0 Å². The van der Waals surface area contributed by atoms with Crippen molar-refractivity contribution in [1.82, 2.24) is 19.7 Å². The molecule has 3 fully saturated rings. The van der Waals surface area contributed by atoms with Gasteiger partial charge in [-0.25, -0.2) is 4.79 Å². The van der Waals surface area contributed by atoms with E-state index in [-0.39, 0.29) is 18.0 Å². The van der Waals surface area contributed by atoms with E-state index in [0.29, 0.717) is 18.9 Å². The molecule has 1 aromatic carbocycles. The molecule has 0 saturated carbocycles. The number of aryl methyl sites for hydroxylation is 1. The number of carbonyl (C=O) groups excluding carboxylic acids is 2. The zero-order valence-corrected chi connectivity index (χ0v) is 16.1. The van der Waals surface area contributed by atoms with Crippen LogP contribution in [0, 0.1) is 5.92 Å². The van der Waals surface area contributed by atoms with Gasteiger partial charge in [-0.05, 0) is 36.8 Å². The van der Waals surface area contributed by atoms with Gasteiger partial charge in [-0.15, -0.1) is 0 Å². The molecule has 2 bridgehead atoms. The smallest absolute Gasteiger partial charge is 0.319 e. The van der Waals surface area contributed by atoms with Gasteiger partial charge < -0.3 is 19.7 Å². The number of urea groups is 1. The molecule has 5 rings (SSSR count). The average molecular weight is 368 g/mol. The highest BCUT2D eigenvalue weighted by Crippen LogP contribution is 2.29. The van der Waals surface area contributed by atoms with Gasteiger partial charge in [0.05, 0.1) is 0 Å². The van der Waals surface area contributed by atoms with E-state index in [9.17, 15) is 9.59 Å². The maximum atomic E-state index is 13.0. The first-order valence-electron chi connectivity index (χ1n) is 9.83. The van der Waals surface area contributed by atoms with Crippen LogP contribution >= 0.6 is 0 Å². The molecule has 0 spiro atoms. The number of hydrogen-bond acceptors (Lipinski definition) is 2. The first-order chi connectivity index (χ1) is 13.0. The van der Waals surface area contributed by atoms with Crippen LogP contribution in [-0.4, -0.2) is 71.4 Å². The Kier molecular flexibility index (Phi) is 4.81. The van der Waals surface area contributed by atoms with Crippen molar-refractivity contribution in [2.75, 3.05) is 33.7 Å². The maximum absolute atomic E-state index is 13.0. The van der Waals surface area contributed by atoms with Gasteiger partial charge in [-0.2, -0.15) is 0 Å². The summed E-state index contributed by atoms with van der Waals surface area (Å²) >= 11 is 0. The zero-order chi connectivity index (χ0) is 19.0. The van der Waals surface area contributed by atoms with Crippen LogP contribution in [0.15, 0.2) is 30.5 Å². The molecule has 27 heavy (non-hydrogen) atoms. The molecule has 0 aliphatic carbocycles. The first-order valence-corrected chi connectivity index (χ1v) is 9.83. The van der Waals surface area contributed by atoms with Gasteiger partial charge in [0.1, 0.15) is 0 Å². The number of carbonyl (C=O) groups is 2. The maximum Gasteiger partial charge on any atom is 0.319 e. The number of benzene rings is 1. The van der Waals surface area contributed by atoms with Crippen molar-refractivity contribution < 1.29 is 9.59 Å². The van der Waals surface area contributed by atoms with Crippen molar-refractivity contribution in [1.29, 1.82) is 0 Å². The highest BCUT2D eigenvalue weighted by Gasteiger charge is 2.38. The normalized spacial score (nSPS) is 22.1. The summed E-state index contributed by atoms with van der Waals surface area (Å²) in [7, 11) is 3.58. The SMILES string of the molecule is CN(C)C(=O)N1C[C@H]2CC[C@@H](C1)N(C(=O)CCc1c[nH]c3ccccc13)C2. The standard InChI is InChI=1S/C21H28N4O2/c1-23(2)21(27)24-12-15-7-9-17(14-24)25(13-15)20(26)10-8-16-11-22-19-6-4-3-5-18(16)19/h3-6,11,15,17,22H,7-10,12-14H2,1-2H3/t15-,17+/m1/s1. The molecular weight excluding hydrogens is 340 g/mol. The van der Waals surface area contributed by atoms with Crippen LogP contribution < -0.4 is 0 Å². The lowest BCUT2D eigenvalue weighted by Gasteiger charge is -2.36. The van der Waals surface area contributed by atoms with Crippen molar-refractivity contribution in [3.8, 4) is 0 Å². The van der Waals surface area contributed by atoms with E-state index >= 15 is 0 Å². The molecule has 144 valence electrons. The van der Waals surface area contributed by atoms with Crippen LogP contribution in [0.25, 0.3) is 10.9 Å². The molecule has 1 N–H and O–H groups in total. The van der Waals surface area contributed by atoms with E-state index in [2.05, 4.69) is 17.1 Å². The lowest BCUT2D eigenvalue weighted by molar-refractivity contribution is -0.135. The molecule has 3 saturated heterocycles. The number of H-pyrrole nitrogens is 1. The fourth-order valence-electron chi connectivity index (χ4n) is 4.55. The predicted octanol–water partition coefficient (Wildman–Crippen LogP) is 2.70. The fraction of sp³-hybridized carbons (Fsp3) is 0.524. The third kappa shape index (κ3) is 3.53. The average Bonchev–Trinajstić information content (AvgIpc) is 2.85. The van der Waals surface area contributed by atoms with Crippen molar-refractivity contribution >= 4 is 22.8 Å². The minimum Gasteiger partial charge on any atom is -0.361 e. The summed E-state index contributed by atoms with van der Waals surface area (Å²) in [4.78, 5) is 34.3. The number of aromatic amines is 1. The molecule has 0 unspecified atom stereocenters. The summed E-state index contributed by atoms with van der Waals surface area (Å²) in [6.45, 7) is 2.21. The molecule has 4 heterocycles. The Morgan fingerprint density at radius 3 is 2.78 bits per heavy atom. The molecule has 6 nitrogen and oxygen atoms in total. The summed E-state index contributed by atoms with van der Waals surface area (Å²) in [6, 6.07) is 8.42. The molecular formula is C21H28N4O2. The second kappa shape index (κ2) is 7.25. The third-order valence-corrected chi connectivity index (χ3v) is 5.97. The molecule has 6 heteroatoms. The van der Waals surface area contributed by atoms with Crippen molar-refractivity contribution in [3.05, 3.63) is 36.0 Å². The second-order valence-electron chi connectivity index (χ2n) is 8.08. The minimum absolute atomic E-state index is 0.0555. The van der Waals surface area contributed by atoms with Crippen LogP contribution in [0.5, 0.6) is 0 Å². The van der Waals surface area contributed by atoms with E-state index in [0.717, 1.165) is 37.9 Å². The zero-order valence-electron chi connectivity index (χ0n) is 16.1. The molecule has 3 amide bonds. The molecule has 2 atom stereocenters. The third-order valence-electron chi connectivity index (χ3n) is 5.97. The molecule has 1 aromatic heterocycles. The topological polar surface area (TPSA) is 59.7 Å². The lowest BCUT2D eigenvalue weighted by atomic mass is 9.94. The van der Waals surface area contributed by atoms with Gasteiger partial charge >= 0.3 is 6.03 Å². The monoisotopic (exact) mass is 368 g/mol. The van der Waals surface area contributed by atoms with Gasteiger partial charge in [0.2, 0.25) is 5.91 Å². The van der Waals surface area contributed by atoms with E-state index < -0.39 is 0 Å². The Bertz CT molecular complexity index is 844. The Morgan fingerprint density at radius 2 is 1.96 bits per heavy atom. The minimum atomic E-state index is 0.0555. The van der Waals surface area contributed by atoms with Crippen molar-refractivity contribution in [3.63, 3.8) is 0 Å². The van der Waals surface area contributed by atoms with Gasteiger partial charge in [0, 0.05) is 63.3 Å². The van der Waals surface area contributed by atoms with Crippen molar-refractivity contribution in [2.24, 2.45) is 5.92 Å². The van der Waals surface area contributed by atoms with Crippen LogP contribution in [0.3, 0.4) is 0 Å². The Labute approximate surface area is 160 Å². The number of amides is 3. The largest absolute Gasteiger partial charge is 0.361 e. The second-order valence-corrected chi connectivity index (χ2v) is 8.08. The summed E-state index contributed by atoms with van der Waals surface area (Å²) in [5.74, 6) is 0.610. The van der Waals surface area contributed by atoms with Crippen LogP contribution in [0.2, 0.25) is 0 Å². The number of nitrogens with one attached hydrogen (secondary N) is 1. The summed E-state index contributed by atoms with van der Waals surface area (Å²) in [5.41, 5.74) is 2.31. The van der Waals surface area contributed by atoms with Gasteiger partial charge in [-0.3, -0.25) is 4.79 Å². The number of piperidine rings is 1. The summed E-state index contributed by atoms with van der Waals surface area (Å²) in [6.07, 6.45) is 5.39. The predicted molar refractivity (Wildman–Crippen MR) is 106 cm³/mol. The number of nitrogens with zero attached hydrogens (tertiary/aromatic N) is 3. The van der Waals surface area contributed by atoms with Gasteiger partial charge in [-0.1, -0.05) is 18.2 Å².